The van der Waals surface area contributed by atoms with Crippen LogP contribution in [0.3, 0.4) is 0 Å². The van der Waals surface area contributed by atoms with E-state index in [0.717, 1.165) is 5.56 Å². The molecule has 0 amide bonds. The van der Waals surface area contributed by atoms with E-state index < -0.39 is 0 Å². The molecule has 2 heteroatoms. The minimum absolute atomic E-state index is 0.295. The first kappa shape index (κ1) is 7.10. The second kappa shape index (κ2) is 2.48. The van der Waals surface area contributed by atoms with E-state index in [1.807, 2.05) is 6.08 Å². The van der Waals surface area contributed by atoms with Gasteiger partial charge >= 0.3 is 0 Å². The molecule has 0 unspecified atom stereocenters. The summed E-state index contributed by atoms with van der Waals surface area (Å²) in [7, 11) is 0. The summed E-state index contributed by atoms with van der Waals surface area (Å²) in [6, 6.07) is 4.43. The van der Waals surface area contributed by atoms with Gasteiger partial charge in [-0.25, -0.2) is 4.39 Å². The topological polar surface area (TPSA) is 9.23 Å². The van der Waals surface area contributed by atoms with Crippen molar-refractivity contribution in [3.05, 3.63) is 48.0 Å². The normalized spacial score (nSPS) is 13.9. The van der Waals surface area contributed by atoms with Gasteiger partial charge in [-0.3, -0.25) is 0 Å². The summed E-state index contributed by atoms with van der Waals surface area (Å²) >= 11 is 0. The van der Waals surface area contributed by atoms with E-state index in [1.54, 1.807) is 12.1 Å². The Kier molecular flexibility index (Phi) is 1.47. The summed E-state index contributed by atoms with van der Waals surface area (Å²) in [4.78, 5) is 0. The summed E-state index contributed by atoms with van der Waals surface area (Å²) in [5.41, 5.74) is 0.879. The summed E-state index contributed by atoms with van der Waals surface area (Å²) in [5.74, 6) is 0.771. The van der Waals surface area contributed by atoms with Crippen molar-refractivity contribution in [1.29, 1.82) is 0 Å². The minimum atomic E-state index is -0.295. The van der Waals surface area contributed by atoms with Gasteiger partial charge in [-0.05, 0) is 24.3 Å². The third-order valence-corrected chi connectivity index (χ3v) is 1.67. The predicted octanol–water partition coefficient (Wildman–Crippen LogP) is 2.75. The zero-order chi connectivity index (χ0) is 8.55. The minimum Gasteiger partial charge on any atom is -0.457 e. The van der Waals surface area contributed by atoms with Crippen LogP contribution in [0.2, 0.25) is 0 Å². The molecule has 2 rings (SSSR count). The fourth-order valence-corrected chi connectivity index (χ4v) is 1.09. The fourth-order valence-electron chi connectivity index (χ4n) is 1.09. The molecule has 0 aliphatic carbocycles. The number of allylic oxidation sites excluding steroid dienone is 1. The van der Waals surface area contributed by atoms with Crippen molar-refractivity contribution in [2.24, 2.45) is 0 Å². The van der Waals surface area contributed by atoms with Gasteiger partial charge < -0.3 is 4.74 Å². The van der Waals surface area contributed by atoms with Crippen molar-refractivity contribution >= 4 is 6.08 Å². The molecule has 1 aliphatic rings. The molecule has 12 heavy (non-hydrogen) atoms. The molecule has 1 heterocycles. The van der Waals surface area contributed by atoms with Crippen LogP contribution in [0.25, 0.3) is 6.08 Å². The number of hydrogen-bond acceptors (Lipinski definition) is 1. The van der Waals surface area contributed by atoms with Gasteiger partial charge in [0.2, 0.25) is 0 Å². The molecule has 0 fully saturated rings. The van der Waals surface area contributed by atoms with Gasteiger partial charge in [0, 0.05) is 11.6 Å². The van der Waals surface area contributed by atoms with Crippen LogP contribution in [0.1, 0.15) is 5.56 Å². The first-order valence-electron chi connectivity index (χ1n) is 3.60. The smallest absolute Gasteiger partial charge is 0.137 e. The van der Waals surface area contributed by atoms with Crippen LogP contribution in [0.5, 0.6) is 5.75 Å². The van der Waals surface area contributed by atoms with Crippen molar-refractivity contribution in [3.8, 4) is 5.75 Å². The molecular formula is C10H7FO. The highest BCUT2D eigenvalue weighted by Gasteiger charge is 2.07. The molecule has 1 nitrogen and oxygen atoms in total. The van der Waals surface area contributed by atoms with Gasteiger partial charge in [-0.2, -0.15) is 0 Å². The third-order valence-electron chi connectivity index (χ3n) is 1.67. The largest absolute Gasteiger partial charge is 0.457 e. The lowest BCUT2D eigenvalue weighted by Gasteiger charge is -2.12. The van der Waals surface area contributed by atoms with Gasteiger partial charge in [-0.15, -0.1) is 0 Å². The van der Waals surface area contributed by atoms with Crippen LogP contribution < -0.4 is 4.74 Å². The van der Waals surface area contributed by atoms with E-state index in [1.165, 1.54) is 12.1 Å². The van der Waals surface area contributed by atoms with Gasteiger partial charge in [-0.1, -0.05) is 6.58 Å². The number of rotatable bonds is 0. The molecule has 0 N–H and O–H groups in total. The highest BCUT2D eigenvalue weighted by atomic mass is 19.1. The maximum atomic E-state index is 12.7. The highest BCUT2D eigenvalue weighted by Crippen LogP contribution is 2.27. The molecule has 0 atom stereocenters. The second-order valence-electron chi connectivity index (χ2n) is 2.58. The molecule has 60 valence electrons. The Bertz CT molecular complexity index is 366. The maximum absolute atomic E-state index is 12.7. The van der Waals surface area contributed by atoms with Crippen LogP contribution in [-0.2, 0) is 0 Å². The van der Waals surface area contributed by atoms with Crippen LogP contribution in [0, 0.1) is 5.82 Å². The maximum Gasteiger partial charge on any atom is 0.137 e. The lowest BCUT2D eigenvalue weighted by molar-refractivity contribution is 0.438. The number of ether oxygens (including phenoxy) is 1. The summed E-state index contributed by atoms with van der Waals surface area (Å²) < 4.78 is 17.9. The molecule has 0 saturated heterocycles. The summed E-state index contributed by atoms with van der Waals surface area (Å²) in [6.07, 6.45) is 3.60. The molecule has 0 spiro atoms. The van der Waals surface area contributed by atoms with Crippen molar-refractivity contribution < 1.29 is 9.13 Å². The molecule has 1 aromatic rings. The first-order chi connectivity index (χ1) is 5.75. The number of halogens is 1. The Labute approximate surface area is 69.8 Å². The van der Waals surface area contributed by atoms with Gasteiger partial charge in [0.15, 0.2) is 0 Å². The van der Waals surface area contributed by atoms with Crippen molar-refractivity contribution in [3.63, 3.8) is 0 Å². The van der Waals surface area contributed by atoms with Gasteiger partial charge in [0.05, 0.1) is 0 Å². The average molecular weight is 162 g/mol. The van der Waals surface area contributed by atoms with Gasteiger partial charge in [0.1, 0.15) is 17.3 Å². The zero-order valence-corrected chi connectivity index (χ0v) is 6.38. The van der Waals surface area contributed by atoms with E-state index in [4.69, 9.17) is 4.74 Å². The zero-order valence-electron chi connectivity index (χ0n) is 6.38. The number of benzene rings is 1. The van der Waals surface area contributed by atoms with E-state index in [9.17, 15) is 4.39 Å². The first-order valence-corrected chi connectivity index (χ1v) is 3.60. The van der Waals surface area contributed by atoms with Crippen molar-refractivity contribution in [2.75, 3.05) is 0 Å². The summed E-state index contributed by atoms with van der Waals surface area (Å²) in [5, 5.41) is 0. The van der Waals surface area contributed by atoms with Crippen LogP contribution in [0.4, 0.5) is 4.39 Å². The van der Waals surface area contributed by atoms with E-state index in [-0.39, 0.29) is 5.82 Å². The third kappa shape index (κ3) is 1.11. The van der Waals surface area contributed by atoms with Crippen molar-refractivity contribution in [2.45, 2.75) is 0 Å². The number of fused-ring (bicyclic) bond motifs is 1. The van der Waals surface area contributed by atoms with Crippen LogP contribution in [-0.4, -0.2) is 0 Å². The predicted molar refractivity (Wildman–Crippen MR) is 45.2 cm³/mol. The molecular weight excluding hydrogens is 155 g/mol. The lowest BCUT2D eigenvalue weighted by atomic mass is 10.1. The molecule has 1 aliphatic heterocycles. The van der Waals surface area contributed by atoms with E-state index >= 15 is 0 Å². The Morgan fingerprint density at radius 2 is 2.08 bits per heavy atom. The van der Waals surface area contributed by atoms with Gasteiger partial charge in [0.25, 0.3) is 0 Å². The van der Waals surface area contributed by atoms with Crippen LogP contribution in [0.15, 0.2) is 36.6 Å². The standard InChI is InChI=1S/C10H7FO/c1-7-2-3-8-4-5-9(11)6-10(8)12-7/h2-6H,1H2. The quantitative estimate of drug-likeness (QED) is 0.570. The summed E-state index contributed by atoms with van der Waals surface area (Å²) in [6.45, 7) is 3.61. The van der Waals surface area contributed by atoms with Crippen LogP contribution >= 0.6 is 0 Å². The fraction of sp³-hybridized carbons (Fsp3) is 0. The Morgan fingerprint density at radius 1 is 1.25 bits per heavy atom. The second-order valence-corrected chi connectivity index (χ2v) is 2.58. The average Bonchev–Trinajstić information content (AvgIpc) is 2.03. The van der Waals surface area contributed by atoms with E-state index in [0.29, 0.717) is 11.5 Å². The number of hydrogen-bond donors (Lipinski definition) is 0. The molecule has 0 radical (unpaired) electrons. The lowest BCUT2D eigenvalue weighted by Crippen LogP contribution is -1.97. The highest BCUT2D eigenvalue weighted by molar-refractivity contribution is 5.62. The Hall–Kier alpha value is -1.57. The monoisotopic (exact) mass is 162 g/mol. The van der Waals surface area contributed by atoms with Crippen molar-refractivity contribution in [1.82, 2.24) is 0 Å². The molecule has 0 aromatic heterocycles. The SMILES string of the molecule is C=C1C=Cc2ccc(F)cc2O1. The molecule has 1 aromatic carbocycles. The van der Waals surface area contributed by atoms with E-state index in [2.05, 4.69) is 6.58 Å². The Balaban J connectivity index is 2.54. The molecule has 0 bridgehead atoms. The Morgan fingerprint density at radius 3 is 2.92 bits per heavy atom. The molecule has 0 saturated carbocycles.